The zero-order chi connectivity index (χ0) is 11.6. The number of ether oxygens (including phenoxy) is 1. The lowest BCUT2D eigenvalue weighted by molar-refractivity contribution is 0.274. The minimum absolute atomic E-state index is 0.00472. The van der Waals surface area contributed by atoms with E-state index in [1.807, 2.05) is 40.7 Å². The van der Waals surface area contributed by atoms with Gasteiger partial charge in [0, 0.05) is 5.56 Å². The summed E-state index contributed by atoms with van der Waals surface area (Å²) in [7, 11) is 0. The molecule has 0 spiro atoms. The van der Waals surface area contributed by atoms with Crippen LogP contribution < -0.4 is 10.1 Å². The van der Waals surface area contributed by atoms with Crippen molar-refractivity contribution in [1.29, 1.82) is 0 Å². The van der Waals surface area contributed by atoms with E-state index >= 15 is 0 Å². The number of nitrogens with one attached hydrogen (secondary N) is 1. The molecular weight excluding hydrogens is 190 g/mol. The van der Waals surface area contributed by atoms with E-state index < -0.39 is 0 Å². The summed E-state index contributed by atoms with van der Waals surface area (Å²) in [5, 5.41) is 12.8. The van der Waals surface area contributed by atoms with E-state index in [2.05, 4.69) is 5.32 Å². The van der Waals surface area contributed by atoms with Crippen molar-refractivity contribution in [2.75, 3.05) is 5.32 Å². The van der Waals surface area contributed by atoms with Crippen molar-refractivity contribution in [2.24, 2.45) is 0 Å². The molecule has 1 aliphatic heterocycles. The number of phenolic OH excluding ortho intramolecular Hbond substituents is 1. The first-order chi connectivity index (χ1) is 7.09. The van der Waals surface area contributed by atoms with Gasteiger partial charge in [-0.1, -0.05) is 13.8 Å². The Morgan fingerprint density at radius 3 is 2.53 bits per heavy atom. The third kappa shape index (κ3) is 2.01. The zero-order valence-electron chi connectivity index (χ0n) is 10.0. The fourth-order valence-electron chi connectivity index (χ4n) is 1.63. The molecule has 15 heavy (non-hydrogen) atoms. The number of anilines is 1. The van der Waals surface area contributed by atoms with Crippen LogP contribution in [0.2, 0.25) is 0 Å². The minimum atomic E-state index is -0.00472. The highest BCUT2D eigenvalue weighted by atomic mass is 16.5. The zero-order valence-corrected chi connectivity index (χ0v) is 10.0. The van der Waals surface area contributed by atoms with Crippen molar-refractivity contribution < 1.29 is 9.84 Å². The normalized spacial score (nSPS) is 17.0. The first-order valence-corrected chi connectivity index (χ1v) is 5.36. The van der Waals surface area contributed by atoms with Crippen molar-refractivity contribution in [3.05, 3.63) is 17.2 Å². The van der Waals surface area contributed by atoms with Gasteiger partial charge in [0.15, 0.2) is 6.23 Å². The lowest BCUT2D eigenvalue weighted by atomic mass is 10.1. The SMILES string of the molecule is CC.Cc1cc2c(c(C)c1O)NC(C)O2. The van der Waals surface area contributed by atoms with E-state index in [1.54, 1.807) is 0 Å². The van der Waals surface area contributed by atoms with Gasteiger partial charge in [-0.3, -0.25) is 0 Å². The molecule has 1 atom stereocenters. The number of aromatic hydroxyl groups is 1. The van der Waals surface area contributed by atoms with Crippen LogP contribution >= 0.6 is 0 Å². The predicted octanol–water partition coefficient (Wildman–Crippen LogP) is 3.19. The van der Waals surface area contributed by atoms with Gasteiger partial charge in [0.2, 0.25) is 0 Å². The summed E-state index contributed by atoms with van der Waals surface area (Å²) in [6.45, 7) is 9.69. The van der Waals surface area contributed by atoms with Gasteiger partial charge in [-0.25, -0.2) is 0 Å². The Bertz CT molecular complexity index is 361. The van der Waals surface area contributed by atoms with Crippen molar-refractivity contribution in [3.8, 4) is 11.5 Å². The van der Waals surface area contributed by atoms with E-state index in [-0.39, 0.29) is 6.23 Å². The lowest BCUT2D eigenvalue weighted by Crippen LogP contribution is -2.14. The first kappa shape index (κ1) is 11.7. The lowest BCUT2D eigenvalue weighted by Gasteiger charge is -2.06. The van der Waals surface area contributed by atoms with Gasteiger partial charge < -0.3 is 15.2 Å². The summed E-state index contributed by atoms with van der Waals surface area (Å²) >= 11 is 0. The topological polar surface area (TPSA) is 41.5 Å². The molecule has 0 saturated heterocycles. The Morgan fingerprint density at radius 1 is 1.33 bits per heavy atom. The Kier molecular flexibility index (Phi) is 3.45. The molecule has 0 aromatic heterocycles. The highest BCUT2D eigenvalue weighted by molar-refractivity contribution is 5.70. The number of hydrogen-bond acceptors (Lipinski definition) is 3. The minimum Gasteiger partial charge on any atom is -0.507 e. The van der Waals surface area contributed by atoms with Crippen LogP contribution in [0.3, 0.4) is 0 Å². The molecule has 3 heteroatoms. The third-order valence-corrected chi connectivity index (χ3v) is 2.35. The second kappa shape index (κ2) is 4.43. The Morgan fingerprint density at radius 2 is 1.93 bits per heavy atom. The predicted molar refractivity (Wildman–Crippen MR) is 62.6 cm³/mol. The Labute approximate surface area is 91.1 Å². The molecule has 3 nitrogen and oxygen atoms in total. The van der Waals surface area contributed by atoms with Gasteiger partial charge >= 0.3 is 0 Å². The largest absolute Gasteiger partial charge is 0.507 e. The molecule has 1 aliphatic rings. The Hall–Kier alpha value is -1.38. The van der Waals surface area contributed by atoms with Crippen molar-refractivity contribution in [3.63, 3.8) is 0 Å². The van der Waals surface area contributed by atoms with Gasteiger partial charge in [0.05, 0.1) is 5.69 Å². The van der Waals surface area contributed by atoms with Crippen molar-refractivity contribution >= 4 is 5.69 Å². The van der Waals surface area contributed by atoms with Gasteiger partial charge in [0.1, 0.15) is 11.5 Å². The van der Waals surface area contributed by atoms with Crippen LogP contribution in [0.1, 0.15) is 31.9 Å². The molecule has 2 N–H and O–H groups in total. The van der Waals surface area contributed by atoms with E-state index in [9.17, 15) is 5.11 Å². The number of phenols is 1. The fraction of sp³-hybridized carbons (Fsp3) is 0.500. The molecule has 1 unspecified atom stereocenters. The van der Waals surface area contributed by atoms with Crippen LogP contribution in [0, 0.1) is 13.8 Å². The summed E-state index contributed by atoms with van der Waals surface area (Å²) in [5.41, 5.74) is 2.63. The number of rotatable bonds is 0. The molecule has 0 bridgehead atoms. The van der Waals surface area contributed by atoms with E-state index in [0.29, 0.717) is 5.75 Å². The quantitative estimate of drug-likeness (QED) is 0.689. The van der Waals surface area contributed by atoms with Gasteiger partial charge in [0.25, 0.3) is 0 Å². The molecule has 0 aliphatic carbocycles. The average Bonchev–Trinajstić information content (AvgIpc) is 2.59. The second-order valence-electron chi connectivity index (χ2n) is 3.44. The molecule has 0 saturated carbocycles. The second-order valence-corrected chi connectivity index (χ2v) is 3.44. The van der Waals surface area contributed by atoms with Crippen LogP contribution in [0.25, 0.3) is 0 Å². The van der Waals surface area contributed by atoms with Crippen LogP contribution in [0.15, 0.2) is 6.07 Å². The van der Waals surface area contributed by atoms with Crippen molar-refractivity contribution in [1.82, 2.24) is 0 Å². The number of aryl methyl sites for hydroxylation is 1. The van der Waals surface area contributed by atoms with Crippen LogP contribution in [0.5, 0.6) is 11.5 Å². The number of fused-ring (bicyclic) bond motifs is 1. The van der Waals surface area contributed by atoms with Crippen LogP contribution in [0.4, 0.5) is 5.69 Å². The van der Waals surface area contributed by atoms with E-state index in [0.717, 1.165) is 22.6 Å². The molecule has 1 aromatic carbocycles. The standard InChI is InChI=1S/C10H13NO2.C2H6/c1-5-4-8-9(6(2)10(5)12)11-7(3)13-8;1-2/h4,7,11-12H,1-3H3;1-2H3. The summed E-state index contributed by atoms with van der Waals surface area (Å²) in [6.07, 6.45) is -0.00472. The average molecular weight is 209 g/mol. The smallest absolute Gasteiger partial charge is 0.167 e. The van der Waals surface area contributed by atoms with Crippen LogP contribution in [-0.4, -0.2) is 11.3 Å². The maximum Gasteiger partial charge on any atom is 0.167 e. The first-order valence-electron chi connectivity index (χ1n) is 5.36. The summed E-state index contributed by atoms with van der Waals surface area (Å²) in [4.78, 5) is 0. The summed E-state index contributed by atoms with van der Waals surface area (Å²) in [6, 6.07) is 1.86. The number of benzene rings is 1. The monoisotopic (exact) mass is 209 g/mol. The fourth-order valence-corrected chi connectivity index (χ4v) is 1.63. The summed E-state index contributed by atoms with van der Waals surface area (Å²) < 4.78 is 5.50. The molecule has 1 aromatic rings. The molecule has 84 valence electrons. The highest BCUT2D eigenvalue weighted by Gasteiger charge is 2.22. The van der Waals surface area contributed by atoms with Gasteiger partial charge in [-0.05, 0) is 32.4 Å². The summed E-state index contributed by atoms with van der Waals surface area (Å²) in [5.74, 6) is 1.18. The van der Waals surface area contributed by atoms with Crippen LogP contribution in [-0.2, 0) is 0 Å². The number of hydrogen-bond donors (Lipinski definition) is 2. The van der Waals surface area contributed by atoms with Crippen molar-refractivity contribution in [2.45, 2.75) is 40.8 Å². The highest BCUT2D eigenvalue weighted by Crippen LogP contribution is 2.40. The van der Waals surface area contributed by atoms with E-state index in [4.69, 9.17) is 4.74 Å². The third-order valence-electron chi connectivity index (χ3n) is 2.35. The van der Waals surface area contributed by atoms with E-state index in [1.165, 1.54) is 0 Å². The maximum atomic E-state index is 9.66. The molecule has 0 radical (unpaired) electrons. The molecule has 1 heterocycles. The van der Waals surface area contributed by atoms with Gasteiger partial charge in [-0.15, -0.1) is 0 Å². The van der Waals surface area contributed by atoms with Gasteiger partial charge in [-0.2, -0.15) is 0 Å². The molecule has 0 fully saturated rings. The molecule has 2 rings (SSSR count). The molecular formula is C12H19NO2. The Balaban J connectivity index is 0.000000531. The maximum absolute atomic E-state index is 9.66. The molecule has 0 amide bonds.